The number of carbonyl (C=O) groups is 1. The van der Waals surface area contributed by atoms with E-state index in [2.05, 4.69) is 5.32 Å². The molecule has 2 amide bonds. The highest BCUT2D eigenvalue weighted by Crippen LogP contribution is 2.12. The number of morpholine rings is 1. The van der Waals surface area contributed by atoms with E-state index in [-0.39, 0.29) is 18.7 Å². The molecular weight excluding hydrogens is 246 g/mol. The molecule has 104 valence electrons. The standard InChI is InChI=1S/C13H19N3O3/c14-7-10-1-3-11(4-2-10)15-13(18)16-5-6-19-12(8-16)9-17/h1-4,12,17H,5-9,14H2,(H,15,18). The third kappa shape index (κ3) is 3.66. The third-order valence-electron chi connectivity index (χ3n) is 3.07. The van der Waals surface area contributed by atoms with Crippen LogP contribution in [0.15, 0.2) is 24.3 Å². The topological polar surface area (TPSA) is 87.8 Å². The number of anilines is 1. The largest absolute Gasteiger partial charge is 0.394 e. The Hall–Kier alpha value is -1.63. The second-order valence-corrected chi connectivity index (χ2v) is 4.45. The van der Waals surface area contributed by atoms with Crippen molar-refractivity contribution in [2.24, 2.45) is 5.73 Å². The van der Waals surface area contributed by atoms with E-state index in [1.54, 1.807) is 4.90 Å². The van der Waals surface area contributed by atoms with Gasteiger partial charge in [0.05, 0.1) is 25.9 Å². The molecule has 6 heteroatoms. The van der Waals surface area contributed by atoms with Crippen molar-refractivity contribution in [3.05, 3.63) is 29.8 Å². The van der Waals surface area contributed by atoms with Crippen LogP contribution in [0.4, 0.5) is 10.5 Å². The van der Waals surface area contributed by atoms with Gasteiger partial charge in [0.1, 0.15) is 0 Å². The molecule has 6 nitrogen and oxygen atoms in total. The molecule has 0 aliphatic carbocycles. The molecule has 19 heavy (non-hydrogen) atoms. The highest BCUT2D eigenvalue weighted by Gasteiger charge is 2.23. The van der Waals surface area contributed by atoms with Gasteiger partial charge in [-0.15, -0.1) is 0 Å². The molecule has 4 N–H and O–H groups in total. The summed E-state index contributed by atoms with van der Waals surface area (Å²) in [5, 5.41) is 11.9. The summed E-state index contributed by atoms with van der Waals surface area (Å²) >= 11 is 0. The molecule has 0 radical (unpaired) electrons. The molecule has 1 unspecified atom stereocenters. The number of ether oxygens (including phenoxy) is 1. The van der Waals surface area contributed by atoms with Crippen molar-refractivity contribution in [2.75, 3.05) is 31.6 Å². The molecule has 0 aromatic heterocycles. The fraction of sp³-hybridized carbons (Fsp3) is 0.462. The molecule has 1 aromatic carbocycles. The molecule has 1 heterocycles. The highest BCUT2D eigenvalue weighted by molar-refractivity contribution is 5.89. The van der Waals surface area contributed by atoms with Crippen LogP contribution in [-0.4, -0.2) is 48.4 Å². The van der Waals surface area contributed by atoms with Crippen molar-refractivity contribution in [3.63, 3.8) is 0 Å². The highest BCUT2D eigenvalue weighted by atomic mass is 16.5. The lowest BCUT2D eigenvalue weighted by atomic mass is 10.2. The van der Waals surface area contributed by atoms with Crippen molar-refractivity contribution < 1.29 is 14.6 Å². The van der Waals surface area contributed by atoms with Crippen LogP contribution >= 0.6 is 0 Å². The molecule has 2 rings (SSSR count). The maximum absolute atomic E-state index is 12.0. The second kappa shape index (κ2) is 6.51. The van der Waals surface area contributed by atoms with Crippen LogP contribution in [0.2, 0.25) is 0 Å². The summed E-state index contributed by atoms with van der Waals surface area (Å²) in [5.41, 5.74) is 7.26. The number of benzene rings is 1. The number of nitrogens with two attached hydrogens (primary N) is 1. The SMILES string of the molecule is NCc1ccc(NC(=O)N2CCOC(CO)C2)cc1. The lowest BCUT2D eigenvalue weighted by Crippen LogP contribution is -2.48. The fourth-order valence-corrected chi connectivity index (χ4v) is 1.94. The molecule has 0 saturated carbocycles. The average molecular weight is 265 g/mol. The van der Waals surface area contributed by atoms with Crippen LogP contribution in [0.1, 0.15) is 5.56 Å². The molecule has 1 aliphatic rings. The van der Waals surface area contributed by atoms with Gasteiger partial charge in [0.15, 0.2) is 0 Å². The molecule has 1 aliphatic heterocycles. The van der Waals surface area contributed by atoms with Crippen molar-refractivity contribution in [3.8, 4) is 0 Å². The lowest BCUT2D eigenvalue weighted by molar-refractivity contribution is -0.0388. The van der Waals surface area contributed by atoms with Crippen LogP contribution in [-0.2, 0) is 11.3 Å². The van der Waals surface area contributed by atoms with Gasteiger partial charge in [0, 0.05) is 18.8 Å². The average Bonchev–Trinajstić information content (AvgIpc) is 2.48. The molecule has 1 atom stereocenters. The number of hydrogen-bond acceptors (Lipinski definition) is 4. The van der Waals surface area contributed by atoms with Gasteiger partial charge in [-0.1, -0.05) is 12.1 Å². The minimum Gasteiger partial charge on any atom is -0.394 e. The quantitative estimate of drug-likeness (QED) is 0.737. The van der Waals surface area contributed by atoms with Gasteiger partial charge in [-0.25, -0.2) is 4.79 Å². The minimum atomic E-state index is -0.292. The number of amides is 2. The molecule has 1 aromatic rings. The lowest BCUT2D eigenvalue weighted by Gasteiger charge is -2.32. The summed E-state index contributed by atoms with van der Waals surface area (Å²) in [6.45, 7) is 1.79. The number of hydrogen-bond donors (Lipinski definition) is 3. The first-order chi connectivity index (χ1) is 9.22. The first kappa shape index (κ1) is 13.8. The van der Waals surface area contributed by atoms with Crippen LogP contribution in [0, 0.1) is 0 Å². The van der Waals surface area contributed by atoms with E-state index in [0.717, 1.165) is 11.3 Å². The summed E-state index contributed by atoms with van der Waals surface area (Å²) < 4.78 is 5.30. The van der Waals surface area contributed by atoms with Crippen LogP contribution in [0.25, 0.3) is 0 Å². The Morgan fingerprint density at radius 3 is 2.84 bits per heavy atom. The van der Waals surface area contributed by atoms with Gasteiger partial charge in [-0.3, -0.25) is 0 Å². The molecule has 1 fully saturated rings. The number of rotatable bonds is 3. The molecule has 0 spiro atoms. The van der Waals surface area contributed by atoms with Crippen molar-refractivity contribution >= 4 is 11.7 Å². The van der Waals surface area contributed by atoms with Crippen molar-refractivity contribution in [1.29, 1.82) is 0 Å². The van der Waals surface area contributed by atoms with Crippen LogP contribution in [0.3, 0.4) is 0 Å². The van der Waals surface area contributed by atoms with Gasteiger partial charge < -0.3 is 25.8 Å². The van der Waals surface area contributed by atoms with E-state index in [9.17, 15) is 4.79 Å². The van der Waals surface area contributed by atoms with Gasteiger partial charge in [-0.05, 0) is 17.7 Å². The summed E-state index contributed by atoms with van der Waals surface area (Å²) in [6, 6.07) is 7.23. The summed E-state index contributed by atoms with van der Waals surface area (Å²) in [6.07, 6.45) is -0.292. The van der Waals surface area contributed by atoms with Gasteiger partial charge in [-0.2, -0.15) is 0 Å². The number of carbonyl (C=O) groups excluding carboxylic acids is 1. The summed E-state index contributed by atoms with van der Waals surface area (Å²) in [4.78, 5) is 13.7. The Kier molecular flexibility index (Phi) is 4.73. The zero-order valence-corrected chi connectivity index (χ0v) is 10.7. The first-order valence-electron chi connectivity index (χ1n) is 6.30. The Labute approximate surface area is 112 Å². The monoisotopic (exact) mass is 265 g/mol. The van der Waals surface area contributed by atoms with E-state index in [0.29, 0.717) is 26.2 Å². The van der Waals surface area contributed by atoms with E-state index < -0.39 is 0 Å². The normalized spacial score (nSPS) is 19.3. The molecular formula is C13H19N3O3. The third-order valence-corrected chi connectivity index (χ3v) is 3.07. The predicted molar refractivity (Wildman–Crippen MR) is 71.8 cm³/mol. The van der Waals surface area contributed by atoms with Crippen molar-refractivity contribution in [2.45, 2.75) is 12.6 Å². The number of nitrogens with one attached hydrogen (secondary N) is 1. The van der Waals surface area contributed by atoms with Gasteiger partial charge in [0.25, 0.3) is 0 Å². The van der Waals surface area contributed by atoms with E-state index in [4.69, 9.17) is 15.6 Å². The Morgan fingerprint density at radius 2 is 2.21 bits per heavy atom. The smallest absolute Gasteiger partial charge is 0.322 e. The van der Waals surface area contributed by atoms with E-state index in [1.807, 2.05) is 24.3 Å². The van der Waals surface area contributed by atoms with Crippen LogP contribution < -0.4 is 11.1 Å². The molecule has 0 bridgehead atoms. The van der Waals surface area contributed by atoms with Crippen molar-refractivity contribution in [1.82, 2.24) is 4.90 Å². The fourth-order valence-electron chi connectivity index (χ4n) is 1.94. The Balaban J connectivity index is 1.92. The zero-order valence-electron chi connectivity index (χ0n) is 10.7. The van der Waals surface area contributed by atoms with Crippen LogP contribution in [0.5, 0.6) is 0 Å². The summed E-state index contributed by atoms with van der Waals surface area (Å²) in [7, 11) is 0. The predicted octanol–water partition coefficient (Wildman–Crippen LogP) is 0.370. The number of urea groups is 1. The van der Waals surface area contributed by atoms with E-state index >= 15 is 0 Å². The maximum Gasteiger partial charge on any atom is 0.322 e. The first-order valence-corrected chi connectivity index (χ1v) is 6.30. The van der Waals surface area contributed by atoms with E-state index in [1.165, 1.54) is 0 Å². The minimum absolute atomic E-state index is 0.0744. The zero-order chi connectivity index (χ0) is 13.7. The second-order valence-electron chi connectivity index (χ2n) is 4.45. The Morgan fingerprint density at radius 1 is 1.47 bits per heavy atom. The number of nitrogens with zero attached hydrogens (tertiary/aromatic N) is 1. The van der Waals surface area contributed by atoms with Gasteiger partial charge in [0.2, 0.25) is 0 Å². The Bertz CT molecular complexity index is 422. The summed E-state index contributed by atoms with van der Waals surface area (Å²) in [5.74, 6) is 0. The van der Waals surface area contributed by atoms with Gasteiger partial charge >= 0.3 is 6.03 Å². The maximum atomic E-state index is 12.0. The molecule has 1 saturated heterocycles. The number of aliphatic hydroxyl groups excluding tert-OH is 1. The number of aliphatic hydroxyl groups is 1.